The smallest absolute Gasteiger partial charge is 0.257 e. The van der Waals surface area contributed by atoms with Gasteiger partial charge in [-0.25, -0.2) is 4.98 Å². The van der Waals surface area contributed by atoms with Crippen LogP contribution in [-0.4, -0.2) is 23.9 Å². The SMILES string of the molecule is COc1ccc2sc(NC(=O)c3cccc(NC(C)=O)c3)nc2c1. The summed E-state index contributed by atoms with van der Waals surface area (Å²) in [6, 6.07) is 12.3. The van der Waals surface area contributed by atoms with Crippen molar-refractivity contribution in [1.29, 1.82) is 0 Å². The Morgan fingerprint density at radius 2 is 1.96 bits per heavy atom. The third-order valence-electron chi connectivity index (χ3n) is 3.26. The van der Waals surface area contributed by atoms with Gasteiger partial charge in [0.1, 0.15) is 5.75 Å². The third-order valence-corrected chi connectivity index (χ3v) is 4.21. The molecule has 0 saturated heterocycles. The van der Waals surface area contributed by atoms with Crippen molar-refractivity contribution in [3.8, 4) is 5.75 Å². The van der Waals surface area contributed by atoms with Crippen molar-refractivity contribution in [3.63, 3.8) is 0 Å². The number of benzene rings is 2. The lowest BCUT2D eigenvalue weighted by molar-refractivity contribution is -0.114. The molecule has 0 spiro atoms. The van der Waals surface area contributed by atoms with E-state index in [1.165, 1.54) is 18.3 Å². The number of hydrogen-bond acceptors (Lipinski definition) is 5. The Kier molecular flexibility index (Phi) is 4.43. The molecule has 1 aromatic heterocycles. The van der Waals surface area contributed by atoms with Crippen LogP contribution in [0.2, 0.25) is 0 Å². The Balaban J connectivity index is 1.80. The number of thiazole rings is 1. The van der Waals surface area contributed by atoms with Crippen LogP contribution in [0.1, 0.15) is 17.3 Å². The highest BCUT2D eigenvalue weighted by Gasteiger charge is 2.11. The number of hydrogen-bond donors (Lipinski definition) is 2. The van der Waals surface area contributed by atoms with Crippen LogP contribution in [0.3, 0.4) is 0 Å². The Hall–Kier alpha value is -2.93. The van der Waals surface area contributed by atoms with Crippen molar-refractivity contribution in [3.05, 3.63) is 48.0 Å². The van der Waals surface area contributed by atoms with Crippen LogP contribution in [0, 0.1) is 0 Å². The molecule has 0 fully saturated rings. The highest BCUT2D eigenvalue weighted by molar-refractivity contribution is 7.22. The number of methoxy groups -OCH3 is 1. The van der Waals surface area contributed by atoms with Crippen LogP contribution < -0.4 is 15.4 Å². The quantitative estimate of drug-likeness (QED) is 0.761. The molecule has 0 bridgehead atoms. The Bertz CT molecular complexity index is 920. The molecular formula is C17H15N3O3S. The first-order valence-electron chi connectivity index (χ1n) is 7.19. The van der Waals surface area contributed by atoms with Gasteiger partial charge in [-0.1, -0.05) is 17.4 Å². The summed E-state index contributed by atoms with van der Waals surface area (Å²) in [5.74, 6) is 0.245. The minimum absolute atomic E-state index is 0.187. The maximum Gasteiger partial charge on any atom is 0.257 e. The zero-order valence-electron chi connectivity index (χ0n) is 13.1. The lowest BCUT2D eigenvalue weighted by atomic mass is 10.2. The fourth-order valence-electron chi connectivity index (χ4n) is 2.20. The molecule has 7 heteroatoms. The van der Waals surface area contributed by atoms with Gasteiger partial charge in [-0.15, -0.1) is 0 Å². The first-order valence-corrected chi connectivity index (χ1v) is 8.00. The van der Waals surface area contributed by atoms with E-state index < -0.39 is 0 Å². The van der Waals surface area contributed by atoms with E-state index in [9.17, 15) is 9.59 Å². The van der Waals surface area contributed by atoms with Crippen LogP contribution in [0.25, 0.3) is 10.2 Å². The number of anilines is 2. The number of aromatic nitrogens is 1. The summed E-state index contributed by atoms with van der Waals surface area (Å²) in [5, 5.41) is 5.94. The van der Waals surface area contributed by atoms with Gasteiger partial charge in [0.15, 0.2) is 5.13 Å². The highest BCUT2D eigenvalue weighted by atomic mass is 32.1. The second-order valence-corrected chi connectivity index (χ2v) is 6.10. The van der Waals surface area contributed by atoms with Crippen LogP contribution in [0.4, 0.5) is 10.8 Å². The summed E-state index contributed by atoms with van der Waals surface area (Å²) in [4.78, 5) is 27.9. The van der Waals surface area contributed by atoms with Crippen LogP contribution in [-0.2, 0) is 4.79 Å². The first kappa shape index (κ1) is 15.9. The zero-order valence-corrected chi connectivity index (χ0v) is 13.9. The number of amides is 2. The topological polar surface area (TPSA) is 80.3 Å². The van der Waals surface area contributed by atoms with Crippen molar-refractivity contribution in [2.45, 2.75) is 6.92 Å². The van der Waals surface area contributed by atoms with Crippen LogP contribution in [0.15, 0.2) is 42.5 Å². The van der Waals surface area contributed by atoms with E-state index >= 15 is 0 Å². The summed E-state index contributed by atoms with van der Waals surface area (Å²) in [5.41, 5.74) is 1.78. The number of nitrogens with one attached hydrogen (secondary N) is 2. The fraction of sp³-hybridized carbons (Fsp3) is 0.118. The van der Waals surface area contributed by atoms with Gasteiger partial charge in [0.05, 0.1) is 17.3 Å². The fourth-order valence-corrected chi connectivity index (χ4v) is 3.04. The molecule has 0 saturated carbocycles. The molecule has 1 heterocycles. The van der Waals surface area contributed by atoms with E-state index in [1.54, 1.807) is 31.4 Å². The molecule has 0 radical (unpaired) electrons. The normalized spacial score (nSPS) is 10.4. The van der Waals surface area contributed by atoms with Crippen molar-refractivity contribution in [1.82, 2.24) is 4.98 Å². The summed E-state index contributed by atoms with van der Waals surface area (Å²) < 4.78 is 6.13. The molecule has 0 aliphatic carbocycles. The molecule has 0 atom stereocenters. The minimum atomic E-state index is -0.284. The Morgan fingerprint density at radius 1 is 1.12 bits per heavy atom. The second-order valence-electron chi connectivity index (χ2n) is 5.07. The molecule has 122 valence electrons. The number of fused-ring (bicyclic) bond motifs is 1. The number of rotatable bonds is 4. The van der Waals surface area contributed by atoms with Gasteiger partial charge in [0.2, 0.25) is 5.91 Å². The monoisotopic (exact) mass is 341 g/mol. The van der Waals surface area contributed by atoms with Crippen molar-refractivity contribution >= 4 is 44.2 Å². The predicted molar refractivity (Wildman–Crippen MR) is 94.9 cm³/mol. The van der Waals surface area contributed by atoms with Crippen molar-refractivity contribution in [2.75, 3.05) is 17.7 Å². The number of ether oxygens (including phenoxy) is 1. The molecule has 2 amide bonds. The predicted octanol–water partition coefficient (Wildman–Crippen LogP) is 3.52. The van der Waals surface area contributed by atoms with E-state index in [0.29, 0.717) is 22.1 Å². The van der Waals surface area contributed by atoms with Gasteiger partial charge in [-0.3, -0.25) is 14.9 Å². The molecule has 24 heavy (non-hydrogen) atoms. The summed E-state index contributed by atoms with van der Waals surface area (Å²) in [7, 11) is 1.60. The Morgan fingerprint density at radius 3 is 2.71 bits per heavy atom. The van der Waals surface area contributed by atoms with Crippen LogP contribution in [0.5, 0.6) is 5.75 Å². The largest absolute Gasteiger partial charge is 0.497 e. The lowest BCUT2D eigenvalue weighted by Crippen LogP contribution is -2.12. The van der Waals surface area contributed by atoms with E-state index in [0.717, 1.165) is 10.2 Å². The van der Waals surface area contributed by atoms with E-state index in [2.05, 4.69) is 15.6 Å². The molecule has 3 aromatic rings. The summed E-state index contributed by atoms with van der Waals surface area (Å²) in [6.45, 7) is 1.42. The van der Waals surface area contributed by atoms with Crippen LogP contribution >= 0.6 is 11.3 Å². The molecule has 0 aliphatic rings. The summed E-state index contributed by atoms with van der Waals surface area (Å²) in [6.07, 6.45) is 0. The first-order chi connectivity index (χ1) is 11.5. The highest BCUT2D eigenvalue weighted by Crippen LogP contribution is 2.29. The number of nitrogens with zero attached hydrogens (tertiary/aromatic N) is 1. The summed E-state index contributed by atoms with van der Waals surface area (Å²) >= 11 is 1.39. The minimum Gasteiger partial charge on any atom is -0.497 e. The zero-order chi connectivity index (χ0) is 17.1. The maximum absolute atomic E-state index is 12.4. The van der Waals surface area contributed by atoms with Crippen molar-refractivity contribution in [2.24, 2.45) is 0 Å². The molecule has 0 aliphatic heterocycles. The molecule has 3 rings (SSSR count). The number of carbonyl (C=O) groups is 2. The van der Waals surface area contributed by atoms with Gasteiger partial charge >= 0.3 is 0 Å². The molecule has 2 N–H and O–H groups in total. The lowest BCUT2D eigenvalue weighted by Gasteiger charge is -2.05. The van der Waals surface area contributed by atoms with Crippen molar-refractivity contribution < 1.29 is 14.3 Å². The van der Waals surface area contributed by atoms with E-state index in [1.807, 2.05) is 18.2 Å². The Labute approximate surface area is 142 Å². The third kappa shape index (κ3) is 3.52. The second kappa shape index (κ2) is 6.67. The van der Waals surface area contributed by atoms with Gasteiger partial charge in [-0.2, -0.15) is 0 Å². The van der Waals surface area contributed by atoms with E-state index in [4.69, 9.17) is 4.74 Å². The van der Waals surface area contributed by atoms with Gasteiger partial charge < -0.3 is 10.1 Å². The maximum atomic E-state index is 12.4. The molecular weight excluding hydrogens is 326 g/mol. The molecule has 2 aromatic carbocycles. The van der Waals surface area contributed by atoms with Gasteiger partial charge in [0, 0.05) is 24.2 Å². The number of carbonyl (C=O) groups excluding carboxylic acids is 2. The average molecular weight is 341 g/mol. The van der Waals surface area contributed by atoms with Gasteiger partial charge in [0.25, 0.3) is 5.91 Å². The van der Waals surface area contributed by atoms with E-state index in [-0.39, 0.29) is 11.8 Å². The average Bonchev–Trinajstić information content (AvgIpc) is 2.95. The standard InChI is InChI=1S/C17H15N3O3S/c1-10(21)18-12-5-3-4-11(8-12)16(22)20-17-19-14-9-13(23-2)6-7-15(14)24-17/h3-9H,1-2H3,(H,18,21)(H,19,20,22). The molecule has 0 unspecified atom stereocenters. The molecule has 6 nitrogen and oxygen atoms in total. The van der Waals surface area contributed by atoms with Gasteiger partial charge in [-0.05, 0) is 30.3 Å².